The Bertz CT molecular complexity index is 757. The average Bonchev–Trinajstić information content (AvgIpc) is 2.90. The van der Waals surface area contributed by atoms with Gasteiger partial charge in [-0.05, 0) is 50.9 Å². The highest BCUT2D eigenvalue weighted by atomic mass is 16.6. The maximum absolute atomic E-state index is 12.7. The maximum atomic E-state index is 12.7. The van der Waals surface area contributed by atoms with E-state index in [1.165, 1.54) is 0 Å². The van der Waals surface area contributed by atoms with Crippen LogP contribution in [0.15, 0.2) is 24.3 Å². The van der Waals surface area contributed by atoms with Gasteiger partial charge in [0, 0.05) is 24.2 Å². The standard InChI is InChI=1S/C20H27N3O4/c1-19(2,3)27-17(24)16-15-9-22-11-20(15,16)12-4-6-13(7-5-12)23-14(8-21)10-26-18(23)25/h4-7,14-16,22H,8-11,21H2,1-3H3/t14-,15?,16?,20?/m0/s1. The van der Waals surface area contributed by atoms with Gasteiger partial charge < -0.3 is 20.5 Å². The smallest absolute Gasteiger partial charge is 0.414 e. The topological polar surface area (TPSA) is 93.9 Å². The number of amides is 1. The van der Waals surface area contributed by atoms with Gasteiger partial charge in [0.25, 0.3) is 0 Å². The number of cyclic esters (lactones) is 1. The van der Waals surface area contributed by atoms with E-state index in [0.717, 1.165) is 24.3 Å². The lowest BCUT2D eigenvalue weighted by molar-refractivity contribution is -0.157. The zero-order chi connectivity index (χ0) is 19.4. The average molecular weight is 373 g/mol. The van der Waals surface area contributed by atoms with Crippen molar-refractivity contribution in [3.8, 4) is 0 Å². The van der Waals surface area contributed by atoms with Crippen molar-refractivity contribution in [3.05, 3.63) is 29.8 Å². The van der Waals surface area contributed by atoms with Gasteiger partial charge in [-0.15, -0.1) is 0 Å². The number of anilines is 1. The summed E-state index contributed by atoms with van der Waals surface area (Å²) in [6.07, 6.45) is -0.366. The number of carbonyl (C=O) groups excluding carboxylic acids is 2. The molecule has 2 saturated heterocycles. The monoisotopic (exact) mass is 373 g/mol. The van der Waals surface area contributed by atoms with Crippen LogP contribution in [0.2, 0.25) is 0 Å². The SMILES string of the molecule is CC(C)(C)OC(=O)C1C2CNCC21c1ccc(N2C(=O)OC[C@@H]2CN)cc1. The summed E-state index contributed by atoms with van der Waals surface area (Å²) in [7, 11) is 0. The van der Waals surface area contributed by atoms with Crippen LogP contribution in [0.5, 0.6) is 0 Å². The number of rotatable bonds is 4. The van der Waals surface area contributed by atoms with Crippen molar-refractivity contribution in [3.63, 3.8) is 0 Å². The first-order valence-electron chi connectivity index (χ1n) is 9.48. The van der Waals surface area contributed by atoms with E-state index in [1.54, 1.807) is 4.90 Å². The van der Waals surface area contributed by atoms with Gasteiger partial charge >= 0.3 is 12.1 Å². The van der Waals surface area contributed by atoms with Gasteiger partial charge in [0.1, 0.15) is 12.2 Å². The number of hydrogen-bond donors (Lipinski definition) is 2. The molecule has 1 amide bonds. The molecule has 1 saturated carbocycles. The fourth-order valence-corrected chi connectivity index (χ4v) is 4.61. The summed E-state index contributed by atoms with van der Waals surface area (Å²) in [6, 6.07) is 7.72. The highest BCUT2D eigenvalue weighted by Gasteiger charge is 2.71. The number of benzene rings is 1. The van der Waals surface area contributed by atoms with Crippen LogP contribution >= 0.6 is 0 Å². The van der Waals surface area contributed by atoms with Crippen LogP contribution in [-0.4, -0.2) is 49.9 Å². The molecule has 3 N–H and O–H groups in total. The second-order valence-electron chi connectivity index (χ2n) is 8.67. The minimum Gasteiger partial charge on any atom is -0.460 e. The minimum absolute atomic E-state index is 0.114. The molecule has 0 radical (unpaired) electrons. The highest BCUT2D eigenvalue weighted by Crippen LogP contribution is 2.62. The van der Waals surface area contributed by atoms with Gasteiger partial charge in [0.15, 0.2) is 0 Å². The van der Waals surface area contributed by atoms with Crippen LogP contribution in [-0.2, 0) is 19.7 Å². The third-order valence-corrected chi connectivity index (χ3v) is 5.87. The molecule has 7 nitrogen and oxygen atoms in total. The molecule has 1 aromatic carbocycles. The fraction of sp³-hybridized carbons (Fsp3) is 0.600. The summed E-state index contributed by atoms with van der Waals surface area (Å²) in [5.41, 5.74) is 6.93. The summed E-state index contributed by atoms with van der Waals surface area (Å²) in [5.74, 6) is 0.0218. The lowest BCUT2D eigenvalue weighted by atomic mass is 9.92. The molecule has 3 aliphatic rings. The Kier molecular flexibility index (Phi) is 4.20. The van der Waals surface area contributed by atoms with E-state index in [1.807, 2.05) is 45.0 Å². The molecule has 0 aromatic heterocycles. The molecular formula is C20H27N3O4. The van der Waals surface area contributed by atoms with E-state index in [4.69, 9.17) is 15.2 Å². The molecule has 3 fully saturated rings. The van der Waals surface area contributed by atoms with Crippen LogP contribution in [0.25, 0.3) is 0 Å². The molecule has 7 heteroatoms. The third kappa shape index (κ3) is 2.89. The molecule has 1 aromatic rings. The molecule has 0 spiro atoms. The largest absolute Gasteiger partial charge is 0.460 e. The van der Waals surface area contributed by atoms with Crippen molar-refractivity contribution < 1.29 is 19.1 Å². The van der Waals surface area contributed by atoms with Crippen LogP contribution in [0.3, 0.4) is 0 Å². The Labute approximate surface area is 159 Å². The van der Waals surface area contributed by atoms with E-state index in [9.17, 15) is 9.59 Å². The predicted molar refractivity (Wildman–Crippen MR) is 100 cm³/mol. The van der Waals surface area contributed by atoms with E-state index in [0.29, 0.717) is 13.2 Å². The van der Waals surface area contributed by atoms with Gasteiger partial charge in [0.05, 0.1) is 12.0 Å². The normalized spacial score (nSPS) is 32.2. The first-order valence-corrected chi connectivity index (χ1v) is 9.48. The predicted octanol–water partition coefficient (Wildman–Crippen LogP) is 1.40. The van der Waals surface area contributed by atoms with Crippen LogP contribution in [0.4, 0.5) is 10.5 Å². The Morgan fingerprint density at radius 1 is 1.37 bits per heavy atom. The van der Waals surface area contributed by atoms with E-state index >= 15 is 0 Å². The van der Waals surface area contributed by atoms with Crippen molar-refractivity contribution in [2.75, 3.05) is 31.1 Å². The minimum atomic E-state index is -0.486. The Balaban J connectivity index is 1.56. The number of fused-ring (bicyclic) bond motifs is 1. The Morgan fingerprint density at radius 2 is 2.07 bits per heavy atom. The van der Waals surface area contributed by atoms with Crippen LogP contribution in [0, 0.1) is 11.8 Å². The van der Waals surface area contributed by atoms with E-state index in [-0.39, 0.29) is 35.4 Å². The zero-order valence-corrected chi connectivity index (χ0v) is 16.0. The van der Waals surface area contributed by atoms with E-state index < -0.39 is 5.60 Å². The quantitative estimate of drug-likeness (QED) is 0.775. The zero-order valence-electron chi connectivity index (χ0n) is 16.0. The van der Waals surface area contributed by atoms with Gasteiger partial charge in [0.2, 0.25) is 0 Å². The highest BCUT2D eigenvalue weighted by molar-refractivity contribution is 5.90. The van der Waals surface area contributed by atoms with Crippen LogP contribution < -0.4 is 16.0 Å². The maximum Gasteiger partial charge on any atom is 0.414 e. The second kappa shape index (κ2) is 6.21. The van der Waals surface area contributed by atoms with Crippen molar-refractivity contribution >= 4 is 17.7 Å². The Hall–Kier alpha value is -2.12. The van der Waals surface area contributed by atoms with Crippen LogP contribution in [0.1, 0.15) is 26.3 Å². The Morgan fingerprint density at radius 3 is 2.70 bits per heavy atom. The number of piperidine rings is 1. The molecule has 4 atom stereocenters. The second-order valence-corrected chi connectivity index (χ2v) is 8.67. The molecule has 2 aliphatic heterocycles. The number of nitrogens with zero attached hydrogens (tertiary/aromatic N) is 1. The molecular weight excluding hydrogens is 346 g/mol. The number of hydrogen-bond acceptors (Lipinski definition) is 6. The lowest BCUT2D eigenvalue weighted by Crippen LogP contribution is -2.38. The number of esters is 1. The van der Waals surface area contributed by atoms with Gasteiger partial charge in [-0.25, -0.2) is 4.79 Å². The molecule has 1 aliphatic carbocycles. The molecule has 4 rings (SSSR count). The summed E-state index contributed by atoms with van der Waals surface area (Å²) < 4.78 is 10.8. The van der Waals surface area contributed by atoms with Crippen molar-refractivity contribution in [1.29, 1.82) is 0 Å². The summed E-state index contributed by atoms with van der Waals surface area (Å²) >= 11 is 0. The summed E-state index contributed by atoms with van der Waals surface area (Å²) in [6.45, 7) is 7.93. The summed E-state index contributed by atoms with van der Waals surface area (Å²) in [5, 5.41) is 3.39. The summed E-state index contributed by atoms with van der Waals surface area (Å²) in [4.78, 5) is 26.3. The number of carbonyl (C=O) groups is 2. The van der Waals surface area contributed by atoms with Crippen molar-refractivity contribution in [2.24, 2.45) is 17.6 Å². The molecule has 3 unspecified atom stereocenters. The van der Waals surface area contributed by atoms with Gasteiger partial charge in [-0.2, -0.15) is 0 Å². The molecule has 27 heavy (non-hydrogen) atoms. The van der Waals surface area contributed by atoms with Crippen molar-refractivity contribution in [2.45, 2.75) is 37.8 Å². The molecule has 0 bridgehead atoms. The van der Waals surface area contributed by atoms with E-state index in [2.05, 4.69) is 5.32 Å². The molecule has 2 heterocycles. The number of nitrogens with two attached hydrogens (primary N) is 1. The van der Waals surface area contributed by atoms with Gasteiger partial charge in [-0.1, -0.05) is 12.1 Å². The van der Waals surface area contributed by atoms with Gasteiger partial charge in [-0.3, -0.25) is 9.69 Å². The number of ether oxygens (including phenoxy) is 2. The molecule has 146 valence electrons. The number of nitrogens with one attached hydrogen (secondary N) is 1. The lowest BCUT2D eigenvalue weighted by Gasteiger charge is -2.23. The fourth-order valence-electron chi connectivity index (χ4n) is 4.61. The first kappa shape index (κ1) is 18.3. The first-order chi connectivity index (χ1) is 12.8. The third-order valence-electron chi connectivity index (χ3n) is 5.87. The van der Waals surface area contributed by atoms with Crippen molar-refractivity contribution in [1.82, 2.24) is 5.32 Å².